The van der Waals surface area contributed by atoms with E-state index < -0.39 is 43.4 Å². The van der Waals surface area contributed by atoms with Crippen LogP contribution in [0.4, 0.5) is 0 Å². The summed E-state index contributed by atoms with van der Waals surface area (Å²) >= 11 is 0. The lowest BCUT2D eigenvalue weighted by Crippen LogP contribution is -2.60. The fraction of sp³-hybridized carbons (Fsp3) is 0.600. The second kappa shape index (κ2) is 7.00. The Bertz CT molecular complexity index is 545. The number of aliphatic hydroxyl groups is 5. The van der Waals surface area contributed by atoms with E-state index in [1.165, 1.54) is 19.1 Å². The van der Waals surface area contributed by atoms with E-state index in [0.29, 0.717) is 11.1 Å². The Labute approximate surface area is 133 Å². The topological polar surface area (TPSA) is 140 Å². The van der Waals surface area contributed by atoms with Crippen LogP contribution in [0.1, 0.15) is 24.2 Å². The monoisotopic (exact) mass is 330 g/mol. The first kappa shape index (κ1) is 17.9. The van der Waals surface area contributed by atoms with E-state index in [1.54, 1.807) is 6.92 Å². The fourth-order valence-corrected chi connectivity index (χ4v) is 2.60. The second-order valence-corrected chi connectivity index (χ2v) is 5.61. The van der Waals surface area contributed by atoms with Gasteiger partial charge in [0.25, 0.3) is 0 Å². The zero-order chi connectivity index (χ0) is 17.3. The predicted molar refractivity (Wildman–Crippen MR) is 77.9 cm³/mol. The van der Waals surface area contributed by atoms with Crippen LogP contribution >= 0.6 is 0 Å². The summed E-state index contributed by atoms with van der Waals surface area (Å²) in [6, 6.07) is 2.76. The molecule has 1 aliphatic rings. The molecule has 0 amide bonds. The van der Waals surface area contributed by atoms with Gasteiger partial charge in [-0.25, -0.2) is 0 Å². The van der Waals surface area contributed by atoms with E-state index in [9.17, 15) is 25.5 Å². The molecule has 1 aromatic rings. The number of aromatic hydroxyl groups is 1. The van der Waals surface area contributed by atoms with Gasteiger partial charge in [-0.1, -0.05) is 0 Å². The van der Waals surface area contributed by atoms with E-state index in [0.717, 1.165) is 0 Å². The molecule has 130 valence electrons. The number of hydrogen-bond acceptors (Lipinski definition) is 8. The summed E-state index contributed by atoms with van der Waals surface area (Å²) in [5.41, 5.74) is 0.712. The number of ether oxygens (including phenoxy) is 2. The second-order valence-electron chi connectivity index (χ2n) is 5.61. The standard InChI is InChI=1S/C15H22O8/c1-6-8(18)3-4-9(11(6)7(2)17)22-15-14(21)13(20)12(19)10(5-16)23-15/h3-4,7,10,12-21H,5H2,1-2H3. The van der Waals surface area contributed by atoms with Crippen LogP contribution in [-0.4, -0.2) is 68.0 Å². The molecule has 2 rings (SSSR count). The quantitative estimate of drug-likeness (QED) is 0.410. The normalized spacial score (nSPS) is 32.6. The Morgan fingerprint density at radius 3 is 2.39 bits per heavy atom. The van der Waals surface area contributed by atoms with Crippen molar-refractivity contribution in [2.75, 3.05) is 6.61 Å². The third-order valence-electron chi connectivity index (χ3n) is 3.96. The molecule has 1 heterocycles. The molecule has 8 nitrogen and oxygen atoms in total. The largest absolute Gasteiger partial charge is 0.508 e. The molecule has 0 spiro atoms. The highest BCUT2D eigenvalue weighted by molar-refractivity contribution is 5.48. The summed E-state index contributed by atoms with van der Waals surface area (Å²) in [4.78, 5) is 0. The average Bonchev–Trinajstić information content (AvgIpc) is 2.51. The lowest BCUT2D eigenvalue weighted by Gasteiger charge is -2.39. The third-order valence-corrected chi connectivity index (χ3v) is 3.96. The third kappa shape index (κ3) is 3.42. The van der Waals surface area contributed by atoms with Crippen molar-refractivity contribution in [3.63, 3.8) is 0 Å². The van der Waals surface area contributed by atoms with Gasteiger partial charge in [-0.2, -0.15) is 0 Å². The lowest BCUT2D eigenvalue weighted by molar-refractivity contribution is -0.277. The van der Waals surface area contributed by atoms with Crippen LogP contribution < -0.4 is 4.74 Å². The summed E-state index contributed by atoms with van der Waals surface area (Å²) in [5, 5.41) is 58.3. The minimum absolute atomic E-state index is 0.0259. The van der Waals surface area contributed by atoms with Crippen molar-refractivity contribution in [3.05, 3.63) is 23.3 Å². The molecule has 1 saturated heterocycles. The summed E-state index contributed by atoms with van der Waals surface area (Å²) in [6.45, 7) is 2.52. The molecule has 6 atom stereocenters. The molecule has 0 aromatic heterocycles. The summed E-state index contributed by atoms with van der Waals surface area (Å²) in [5.74, 6) is 0.127. The molecule has 6 unspecified atom stereocenters. The van der Waals surface area contributed by atoms with Crippen LogP contribution in [0.25, 0.3) is 0 Å². The SMILES string of the molecule is Cc1c(O)ccc(OC2OC(CO)C(O)C(O)C2O)c1C(C)O. The highest BCUT2D eigenvalue weighted by Crippen LogP contribution is 2.35. The van der Waals surface area contributed by atoms with Gasteiger partial charge in [0.1, 0.15) is 35.9 Å². The Morgan fingerprint density at radius 1 is 1.17 bits per heavy atom. The van der Waals surface area contributed by atoms with Crippen LogP contribution in [0.15, 0.2) is 12.1 Å². The van der Waals surface area contributed by atoms with Gasteiger partial charge in [0.2, 0.25) is 6.29 Å². The first-order valence-corrected chi connectivity index (χ1v) is 7.25. The average molecular weight is 330 g/mol. The zero-order valence-electron chi connectivity index (χ0n) is 12.8. The summed E-state index contributed by atoms with van der Waals surface area (Å²) in [6.07, 6.45) is -7.99. The van der Waals surface area contributed by atoms with Crippen molar-refractivity contribution in [3.8, 4) is 11.5 Å². The number of phenols is 1. The molecule has 23 heavy (non-hydrogen) atoms. The van der Waals surface area contributed by atoms with Gasteiger partial charge < -0.3 is 40.1 Å². The van der Waals surface area contributed by atoms with Crippen LogP contribution in [0.3, 0.4) is 0 Å². The van der Waals surface area contributed by atoms with E-state index in [4.69, 9.17) is 14.6 Å². The maximum absolute atomic E-state index is 9.98. The number of phenolic OH excluding ortho intramolecular Hbond substituents is 1. The molecule has 1 fully saturated rings. The Kier molecular flexibility index (Phi) is 5.45. The van der Waals surface area contributed by atoms with Gasteiger partial charge >= 0.3 is 0 Å². The molecule has 1 aliphatic heterocycles. The number of aliphatic hydroxyl groups excluding tert-OH is 5. The number of benzene rings is 1. The van der Waals surface area contributed by atoms with Gasteiger partial charge in [0, 0.05) is 11.1 Å². The molecule has 0 saturated carbocycles. The van der Waals surface area contributed by atoms with Crippen LogP contribution in [0, 0.1) is 6.92 Å². The van der Waals surface area contributed by atoms with E-state index in [2.05, 4.69) is 0 Å². The minimum atomic E-state index is -1.56. The number of hydrogen-bond donors (Lipinski definition) is 6. The van der Waals surface area contributed by atoms with Gasteiger partial charge in [-0.3, -0.25) is 0 Å². The van der Waals surface area contributed by atoms with E-state index >= 15 is 0 Å². The fourth-order valence-electron chi connectivity index (χ4n) is 2.60. The van der Waals surface area contributed by atoms with Crippen LogP contribution in [0.5, 0.6) is 11.5 Å². The highest BCUT2D eigenvalue weighted by Gasteiger charge is 2.45. The van der Waals surface area contributed by atoms with Crippen molar-refractivity contribution >= 4 is 0 Å². The van der Waals surface area contributed by atoms with Gasteiger partial charge in [0.05, 0.1) is 12.7 Å². The summed E-state index contributed by atoms with van der Waals surface area (Å²) in [7, 11) is 0. The minimum Gasteiger partial charge on any atom is -0.508 e. The van der Waals surface area contributed by atoms with Crippen molar-refractivity contribution in [2.24, 2.45) is 0 Å². The smallest absolute Gasteiger partial charge is 0.229 e. The Hall–Kier alpha value is -1.42. The molecule has 6 N–H and O–H groups in total. The molecule has 8 heteroatoms. The summed E-state index contributed by atoms with van der Waals surface area (Å²) < 4.78 is 10.8. The van der Waals surface area contributed by atoms with Gasteiger partial charge in [0.15, 0.2) is 0 Å². The Balaban J connectivity index is 2.29. The van der Waals surface area contributed by atoms with Crippen molar-refractivity contribution in [2.45, 2.75) is 50.7 Å². The van der Waals surface area contributed by atoms with Crippen LogP contribution in [0.2, 0.25) is 0 Å². The maximum Gasteiger partial charge on any atom is 0.229 e. The highest BCUT2D eigenvalue weighted by atomic mass is 16.7. The Morgan fingerprint density at radius 2 is 1.83 bits per heavy atom. The lowest BCUT2D eigenvalue weighted by atomic mass is 9.99. The molecule has 0 bridgehead atoms. The molecular formula is C15H22O8. The van der Waals surface area contributed by atoms with Crippen molar-refractivity contribution in [1.82, 2.24) is 0 Å². The molecule has 0 aliphatic carbocycles. The van der Waals surface area contributed by atoms with E-state index in [1.807, 2.05) is 0 Å². The zero-order valence-corrected chi connectivity index (χ0v) is 12.8. The molecule has 0 radical (unpaired) electrons. The van der Waals surface area contributed by atoms with Crippen molar-refractivity contribution < 1.29 is 40.1 Å². The molecular weight excluding hydrogens is 308 g/mol. The predicted octanol–water partition coefficient (Wildman–Crippen LogP) is -1.07. The maximum atomic E-state index is 9.98. The number of rotatable bonds is 4. The van der Waals surface area contributed by atoms with Gasteiger partial charge in [-0.05, 0) is 26.0 Å². The first-order valence-electron chi connectivity index (χ1n) is 7.25. The van der Waals surface area contributed by atoms with Gasteiger partial charge in [-0.15, -0.1) is 0 Å². The van der Waals surface area contributed by atoms with E-state index in [-0.39, 0.29) is 11.5 Å². The van der Waals surface area contributed by atoms with Crippen LogP contribution in [-0.2, 0) is 4.74 Å². The first-order chi connectivity index (χ1) is 10.8. The van der Waals surface area contributed by atoms with Crippen molar-refractivity contribution in [1.29, 1.82) is 0 Å². The molecule has 1 aromatic carbocycles.